The van der Waals surface area contributed by atoms with Crippen LogP contribution in [0.25, 0.3) is 10.9 Å². The van der Waals surface area contributed by atoms with Gasteiger partial charge >= 0.3 is 0 Å². The molecule has 0 aliphatic carbocycles. The van der Waals surface area contributed by atoms with E-state index in [1.54, 1.807) is 23.1 Å². The highest BCUT2D eigenvalue weighted by Crippen LogP contribution is 2.38. The highest BCUT2D eigenvalue weighted by atomic mass is 35.5. The molecule has 9 nitrogen and oxygen atoms in total. The first kappa shape index (κ1) is 28.1. The van der Waals surface area contributed by atoms with Crippen LogP contribution >= 0.6 is 12.4 Å². The molecule has 1 fully saturated rings. The summed E-state index contributed by atoms with van der Waals surface area (Å²) in [5.41, 5.74) is 13.1. The summed E-state index contributed by atoms with van der Waals surface area (Å²) in [5.74, 6) is -0.586. The maximum atomic E-state index is 15.2. The molecule has 0 radical (unpaired) electrons. The fourth-order valence-electron chi connectivity index (χ4n) is 4.51. The molecule has 1 aromatic heterocycles. The summed E-state index contributed by atoms with van der Waals surface area (Å²) in [5, 5.41) is 0.325. The zero-order valence-corrected chi connectivity index (χ0v) is 21.7. The first-order valence-electron chi connectivity index (χ1n) is 11.7. The topological polar surface area (TPSA) is 120 Å². The van der Waals surface area contributed by atoms with Gasteiger partial charge in [0.15, 0.2) is 17.3 Å². The van der Waals surface area contributed by atoms with E-state index in [4.69, 9.17) is 20.9 Å². The number of carbonyl (C=O) groups is 1. The van der Waals surface area contributed by atoms with Crippen molar-refractivity contribution in [3.8, 4) is 11.5 Å². The fraction of sp³-hybridized carbons (Fsp3) is 0.400. The third kappa shape index (κ3) is 5.62. The molecule has 2 heterocycles. The molecule has 0 saturated carbocycles. The lowest BCUT2D eigenvalue weighted by Gasteiger charge is -2.41. The number of nitrogen functional groups attached to an aromatic ring is 1. The maximum absolute atomic E-state index is 15.2. The summed E-state index contributed by atoms with van der Waals surface area (Å²) in [7, 11) is 2.76. The molecule has 200 valence electrons. The van der Waals surface area contributed by atoms with Crippen molar-refractivity contribution in [3.05, 3.63) is 47.5 Å². The van der Waals surface area contributed by atoms with Gasteiger partial charge in [0, 0.05) is 43.5 Å². The lowest BCUT2D eigenvalue weighted by atomic mass is 10.0. The molecule has 4 N–H and O–H groups in total. The number of fused-ring (bicyclic) bond motifs is 1. The van der Waals surface area contributed by atoms with E-state index in [2.05, 4.69) is 9.97 Å². The number of nitrogens with zero attached hydrogens (tertiary/aromatic N) is 4. The molecule has 4 rings (SSSR count). The number of rotatable bonds is 7. The fourth-order valence-corrected chi connectivity index (χ4v) is 4.51. The predicted molar refractivity (Wildman–Crippen MR) is 140 cm³/mol. The number of piperazine rings is 1. The van der Waals surface area contributed by atoms with Crippen LogP contribution in [0, 0.1) is 11.6 Å². The van der Waals surface area contributed by atoms with Crippen LogP contribution in [0.15, 0.2) is 30.3 Å². The number of carbonyl (C=O) groups excluding carboxylic acids is 1. The summed E-state index contributed by atoms with van der Waals surface area (Å²) in [6, 6.07) is 6.75. The highest BCUT2D eigenvalue weighted by Gasteiger charge is 2.32. The largest absolute Gasteiger partial charge is 0.493 e. The average Bonchev–Trinajstić information content (AvgIpc) is 2.88. The second-order valence-electron chi connectivity index (χ2n) is 8.69. The van der Waals surface area contributed by atoms with Crippen LogP contribution in [0.4, 0.5) is 20.5 Å². The van der Waals surface area contributed by atoms with Crippen LogP contribution in [0.2, 0.25) is 0 Å². The van der Waals surface area contributed by atoms with E-state index in [1.807, 2.05) is 11.8 Å². The molecule has 0 bridgehead atoms. The Kier molecular flexibility index (Phi) is 8.93. The SMILES string of the molecule is CC[C@H]1CN(C(=O)C[C@@H](N)c2ccc(F)cc2)CCN1c1nc(N)c2cc(OC)c(OC)c(F)c2n1.Cl. The Morgan fingerprint density at radius 2 is 1.86 bits per heavy atom. The van der Waals surface area contributed by atoms with Gasteiger partial charge in [-0.25, -0.2) is 13.8 Å². The Hall–Kier alpha value is -3.44. The van der Waals surface area contributed by atoms with Gasteiger partial charge in [-0.2, -0.15) is 4.98 Å². The van der Waals surface area contributed by atoms with Gasteiger partial charge in [-0.15, -0.1) is 12.4 Å². The van der Waals surface area contributed by atoms with Crippen molar-refractivity contribution in [2.24, 2.45) is 5.73 Å². The lowest BCUT2D eigenvalue weighted by molar-refractivity contribution is -0.132. The predicted octanol–water partition coefficient (Wildman–Crippen LogP) is 3.45. The van der Waals surface area contributed by atoms with Gasteiger partial charge in [-0.1, -0.05) is 19.1 Å². The van der Waals surface area contributed by atoms with E-state index in [0.29, 0.717) is 37.0 Å². The quantitative estimate of drug-likeness (QED) is 0.471. The first-order valence-corrected chi connectivity index (χ1v) is 11.7. The lowest BCUT2D eigenvalue weighted by Crippen LogP contribution is -2.55. The Morgan fingerprint density at radius 1 is 1.16 bits per heavy atom. The molecule has 1 aliphatic rings. The summed E-state index contributed by atoms with van der Waals surface area (Å²) in [6.45, 7) is 3.28. The number of hydrogen-bond donors (Lipinski definition) is 2. The third-order valence-corrected chi connectivity index (χ3v) is 6.55. The summed E-state index contributed by atoms with van der Waals surface area (Å²) in [4.78, 5) is 25.6. The molecule has 2 atom stereocenters. The standard InChI is InChI=1S/C25H30F2N6O3.ClH/c1-4-16-13-32(20(34)12-18(28)14-5-7-15(26)8-6-14)9-10-33(16)25-30-22-17(24(29)31-25)11-19(35-2)23(36-3)21(22)27;/h5-8,11,16,18H,4,9-10,12-13,28H2,1-3H3,(H2,29,30,31);1H/t16-,18+;/m0./s1. The smallest absolute Gasteiger partial charge is 0.228 e. The Balaban J connectivity index is 0.00000380. The Morgan fingerprint density at radius 3 is 2.49 bits per heavy atom. The molecule has 2 aromatic carbocycles. The molecule has 12 heteroatoms. The van der Waals surface area contributed by atoms with Crippen molar-refractivity contribution >= 4 is 41.0 Å². The maximum Gasteiger partial charge on any atom is 0.228 e. The second-order valence-corrected chi connectivity index (χ2v) is 8.69. The number of hydrogen-bond acceptors (Lipinski definition) is 8. The average molecular weight is 537 g/mol. The number of anilines is 2. The van der Waals surface area contributed by atoms with Crippen LogP contribution < -0.4 is 25.8 Å². The van der Waals surface area contributed by atoms with Gasteiger partial charge in [0.1, 0.15) is 17.2 Å². The van der Waals surface area contributed by atoms with Gasteiger partial charge in [0.2, 0.25) is 11.9 Å². The molecule has 0 spiro atoms. The van der Waals surface area contributed by atoms with Crippen molar-refractivity contribution in [2.45, 2.75) is 31.8 Å². The number of benzene rings is 2. The van der Waals surface area contributed by atoms with Crippen LogP contribution in [0.1, 0.15) is 31.4 Å². The number of nitrogens with two attached hydrogens (primary N) is 2. The van der Waals surface area contributed by atoms with Gasteiger partial charge in [-0.05, 0) is 30.2 Å². The molecule has 1 aliphatic heterocycles. The molecule has 1 amide bonds. The van der Waals surface area contributed by atoms with Crippen molar-refractivity contribution in [1.29, 1.82) is 0 Å². The Labute approximate surface area is 220 Å². The minimum atomic E-state index is -0.682. The van der Waals surface area contributed by atoms with Crippen molar-refractivity contribution in [1.82, 2.24) is 14.9 Å². The summed E-state index contributed by atoms with van der Waals surface area (Å²) in [6.07, 6.45) is 0.803. The van der Waals surface area contributed by atoms with E-state index in [0.717, 1.165) is 0 Å². The van der Waals surface area contributed by atoms with Crippen LogP contribution in [-0.2, 0) is 4.79 Å². The third-order valence-electron chi connectivity index (χ3n) is 6.55. The summed E-state index contributed by atoms with van der Waals surface area (Å²) < 4.78 is 38.8. The molecule has 1 saturated heterocycles. The molecule has 0 unspecified atom stereocenters. The Bertz CT molecular complexity index is 1260. The molecule has 3 aromatic rings. The van der Waals surface area contributed by atoms with E-state index >= 15 is 4.39 Å². The van der Waals surface area contributed by atoms with Gasteiger partial charge in [-0.3, -0.25) is 4.79 Å². The van der Waals surface area contributed by atoms with E-state index in [9.17, 15) is 9.18 Å². The highest BCUT2D eigenvalue weighted by molar-refractivity contribution is 5.92. The van der Waals surface area contributed by atoms with Gasteiger partial charge < -0.3 is 30.7 Å². The molecule has 37 heavy (non-hydrogen) atoms. The number of amides is 1. The monoisotopic (exact) mass is 536 g/mol. The van der Waals surface area contributed by atoms with E-state index < -0.39 is 11.9 Å². The number of halogens is 3. The normalized spacial score (nSPS) is 16.3. The minimum Gasteiger partial charge on any atom is -0.493 e. The van der Waals surface area contributed by atoms with Crippen LogP contribution in [0.5, 0.6) is 11.5 Å². The van der Waals surface area contributed by atoms with Crippen LogP contribution in [0.3, 0.4) is 0 Å². The van der Waals surface area contributed by atoms with Crippen LogP contribution in [-0.4, -0.2) is 60.7 Å². The van der Waals surface area contributed by atoms with Gasteiger partial charge in [0.25, 0.3) is 0 Å². The van der Waals surface area contributed by atoms with E-state index in [-0.39, 0.29) is 65.4 Å². The zero-order chi connectivity index (χ0) is 26.0. The first-order chi connectivity index (χ1) is 17.3. The molecular weight excluding hydrogens is 506 g/mol. The number of aromatic nitrogens is 2. The van der Waals surface area contributed by atoms with Crippen molar-refractivity contribution in [2.75, 3.05) is 44.5 Å². The van der Waals surface area contributed by atoms with Crippen molar-refractivity contribution in [3.63, 3.8) is 0 Å². The summed E-state index contributed by atoms with van der Waals surface area (Å²) >= 11 is 0. The second kappa shape index (κ2) is 11.7. The molecular formula is C25H31ClF2N6O3. The minimum absolute atomic E-state index is 0. The zero-order valence-electron chi connectivity index (χ0n) is 20.9. The number of methoxy groups -OCH3 is 2. The van der Waals surface area contributed by atoms with E-state index in [1.165, 1.54) is 26.4 Å². The number of ether oxygens (including phenoxy) is 2. The van der Waals surface area contributed by atoms with Gasteiger partial charge in [0.05, 0.1) is 14.2 Å². The van der Waals surface area contributed by atoms with Crippen molar-refractivity contribution < 1.29 is 23.0 Å².